The second-order valence-electron chi connectivity index (χ2n) is 5.82. The van der Waals surface area contributed by atoms with Crippen LogP contribution in [0.3, 0.4) is 0 Å². The molecule has 0 radical (unpaired) electrons. The van der Waals surface area contributed by atoms with Gasteiger partial charge in [0.15, 0.2) is 11.5 Å². The van der Waals surface area contributed by atoms with Gasteiger partial charge in [-0.3, -0.25) is 4.90 Å². The topological polar surface area (TPSA) is 33.7 Å². The van der Waals surface area contributed by atoms with Crippen molar-refractivity contribution in [3.05, 3.63) is 23.8 Å². The van der Waals surface area contributed by atoms with Gasteiger partial charge in [0.1, 0.15) is 0 Å². The first kappa shape index (κ1) is 20.9. The minimum absolute atomic E-state index is 0. The van der Waals surface area contributed by atoms with Crippen molar-refractivity contribution in [2.75, 3.05) is 26.7 Å². The fourth-order valence-corrected chi connectivity index (χ4v) is 3.09. The number of piperidine rings is 1. The van der Waals surface area contributed by atoms with Gasteiger partial charge in [-0.05, 0) is 56.6 Å². The summed E-state index contributed by atoms with van der Waals surface area (Å²) in [6.45, 7) is 3.26. The van der Waals surface area contributed by atoms with Crippen molar-refractivity contribution in [3.8, 4) is 11.5 Å². The van der Waals surface area contributed by atoms with Crippen molar-refractivity contribution in [3.63, 3.8) is 0 Å². The van der Waals surface area contributed by atoms with Crippen LogP contribution < -0.4 is 14.8 Å². The Kier molecular flexibility index (Phi) is 9.33. The molecule has 1 aromatic rings. The van der Waals surface area contributed by atoms with Crippen LogP contribution >= 0.6 is 12.4 Å². The number of alkyl halides is 2. The Labute approximate surface area is 148 Å². The molecule has 0 atom stereocenters. The average Bonchev–Trinajstić information content (AvgIpc) is 2.56. The molecule has 138 valence electrons. The number of hydrogen-bond acceptors (Lipinski definition) is 4. The standard InChI is InChI=1S/C17H26F2N2O2.ClH/c1-3-10-21(14-6-8-20-9-7-14)12-13-4-5-15(23-17(18)19)16(11-13)22-2;/h4-5,11,14,17,20H,3,6-10,12H2,1-2H3;1H. The van der Waals surface area contributed by atoms with Crippen LogP contribution in [0.4, 0.5) is 8.78 Å². The predicted molar refractivity (Wildman–Crippen MR) is 93.5 cm³/mol. The summed E-state index contributed by atoms with van der Waals surface area (Å²) >= 11 is 0. The van der Waals surface area contributed by atoms with Gasteiger partial charge in [-0.2, -0.15) is 8.78 Å². The van der Waals surface area contributed by atoms with Crippen LogP contribution in [0.5, 0.6) is 11.5 Å². The minimum atomic E-state index is -2.85. The Morgan fingerprint density at radius 2 is 1.96 bits per heavy atom. The van der Waals surface area contributed by atoms with Crippen molar-refractivity contribution >= 4 is 12.4 Å². The van der Waals surface area contributed by atoms with E-state index in [1.54, 1.807) is 12.1 Å². The molecule has 2 rings (SSSR count). The zero-order valence-electron chi connectivity index (χ0n) is 14.3. The molecule has 1 N–H and O–H groups in total. The number of methoxy groups -OCH3 is 1. The molecule has 0 spiro atoms. The molecule has 0 aromatic heterocycles. The smallest absolute Gasteiger partial charge is 0.387 e. The molecule has 7 heteroatoms. The molecule has 1 heterocycles. The van der Waals surface area contributed by atoms with Crippen LogP contribution in [0.2, 0.25) is 0 Å². The number of benzene rings is 1. The summed E-state index contributed by atoms with van der Waals surface area (Å²) in [5, 5.41) is 3.39. The molecule has 1 fully saturated rings. The van der Waals surface area contributed by atoms with Gasteiger partial charge in [-0.15, -0.1) is 12.4 Å². The van der Waals surface area contributed by atoms with Gasteiger partial charge in [0, 0.05) is 12.6 Å². The molecule has 0 saturated carbocycles. The molecule has 1 aliphatic heterocycles. The monoisotopic (exact) mass is 364 g/mol. The van der Waals surface area contributed by atoms with Crippen LogP contribution in [0.1, 0.15) is 31.7 Å². The Bertz CT molecular complexity index is 486. The molecule has 0 unspecified atom stereocenters. The van der Waals surface area contributed by atoms with E-state index >= 15 is 0 Å². The summed E-state index contributed by atoms with van der Waals surface area (Å²) in [5.74, 6) is 0.430. The Morgan fingerprint density at radius 1 is 1.25 bits per heavy atom. The van der Waals surface area contributed by atoms with Crippen LogP contribution in [-0.4, -0.2) is 44.3 Å². The molecule has 0 aliphatic carbocycles. The van der Waals surface area contributed by atoms with E-state index in [0.29, 0.717) is 11.8 Å². The number of nitrogens with zero attached hydrogens (tertiary/aromatic N) is 1. The van der Waals surface area contributed by atoms with Gasteiger partial charge in [-0.1, -0.05) is 13.0 Å². The summed E-state index contributed by atoms with van der Waals surface area (Å²) in [7, 11) is 1.47. The van der Waals surface area contributed by atoms with Crippen molar-refractivity contribution in [2.24, 2.45) is 0 Å². The lowest BCUT2D eigenvalue weighted by molar-refractivity contribution is -0.0512. The maximum atomic E-state index is 12.4. The minimum Gasteiger partial charge on any atom is -0.493 e. The Balaban J connectivity index is 0.00000288. The number of ether oxygens (including phenoxy) is 2. The van der Waals surface area contributed by atoms with Crippen molar-refractivity contribution in [2.45, 2.75) is 45.4 Å². The summed E-state index contributed by atoms with van der Waals surface area (Å²) in [5.41, 5.74) is 1.05. The molecule has 0 bridgehead atoms. The molecule has 1 saturated heterocycles. The Morgan fingerprint density at radius 3 is 2.54 bits per heavy atom. The number of rotatable bonds is 8. The molecule has 1 aromatic carbocycles. The SMILES string of the molecule is CCCN(Cc1ccc(OC(F)F)c(OC)c1)C1CCNCC1.Cl. The molecule has 24 heavy (non-hydrogen) atoms. The highest BCUT2D eigenvalue weighted by Crippen LogP contribution is 2.30. The zero-order valence-corrected chi connectivity index (χ0v) is 15.1. The van der Waals surface area contributed by atoms with Crippen LogP contribution in [0.15, 0.2) is 18.2 Å². The third kappa shape index (κ3) is 6.07. The van der Waals surface area contributed by atoms with E-state index in [9.17, 15) is 8.78 Å². The summed E-state index contributed by atoms with van der Waals surface area (Å²) in [6, 6.07) is 5.76. The van der Waals surface area contributed by atoms with E-state index in [-0.39, 0.29) is 18.2 Å². The lowest BCUT2D eigenvalue weighted by Crippen LogP contribution is -2.43. The van der Waals surface area contributed by atoms with Crippen LogP contribution in [-0.2, 0) is 6.54 Å². The fraction of sp³-hybridized carbons (Fsp3) is 0.647. The largest absolute Gasteiger partial charge is 0.493 e. The van der Waals surface area contributed by atoms with E-state index < -0.39 is 6.61 Å². The van der Waals surface area contributed by atoms with Gasteiger partial charge < -0.3 is 14.8 Å². The Hall–Kier alpha value is -1.11. The van der Waals surface area contributed by atoms with E-state index in [0.717, 1.165) is 51.0 Å². The van der Waals surface area contributed by atoms with Crippen molar-refractivity contribution < 1.29 is 18.3 Å². The maximum absolute atomic E-state index is 12.4. The number of halogens is 3. The molecule has 1 aliphatic rings. The normalized spacial score (nSPS) is 15.4. The van der Waals surface area contributed by atoms with Crippen molar-refractivity contribution in [1.29, 1.82) is 0 Å². The summed E-state index contributed by atoms with van der Waals surface area (Å²) in [6.07, 6.45) is 3.38. The van der Waals surface area contributed by atoms with E-state index in [1.165, 1.54) is 7.11 Å². The van der Waals surface area contributed by atoms with E-state index in [4.69, 9.17) is 4.74 Å². The lowest BCUT2D eigenvalue weighted by atomic mass is 10.0. The van der Waals surface area contributed by atoms with Gasteiger partial charge in [0.05, 0.1) is 7.11 Å². The van der Waals surface area contributed by atoms with E-state index in [1.807, 2.05) is 6.07 Å². The first-order valence-electron chi connectivity index (χ1n) is 8.20. The number of hydrogen-bond donors (Lipinski definition) is 1. The fourth-order valence-electron chi connectivity index (χ4n) is 3.09. The molecular weight excluding hydrogens is 338 g/mol. The molecular formula is C17H27ClF2N2O2. The quantitative estimate of drug-likeness (QED) is 0.763. The first-order chi connectivity index (χ1) is 11.1. The second-order valence-corrected chi connectivity index (χ2v) is 5.82. The highest BCUT2D eigenvalue weighted by Gasteiger charge is 2.21. The third-order valence-corrected chi connectivity index (χ3v) is 4.17. The van der Waals surface area contributed by atoms with Crippen LogP contribution in [0, 0.1) is 0 Å². The second kappa shape index (κ2) is 10.7. The van der Waals surface area contributed by atoms with Gasteiger partial charge in [0.25, 0.3) is 0 Å². The van der Waals surface area contributed by atoms with Crippen LogP contribution in [0.25, 0.3) is 0 Å². The van der Waals surface area contributed by atoms with Gasteiger partial charge in [0.2, 0.25) is 0 Å². The van der Waals surface area contributed by atoms with Crippen molar-refractivity contribution in [1.82, 2.24) is 10.2 Å². The van der Waals surface area contributed by atoms with Gasteiger partial charge in [-0.25, -0.2) is 0 Å². The average molecular weight is 365 g/mol. The lowest BCUT2D eigenvalue weighted by Gasteiger charge is -2.34. The highest BCUT2D eigenvalue weighted by atomic mass is 35.5. The molecule has 4 nitrogen and oxygen atoms in total. The first-order valence-corrected chi connectivity index (χ1v) is 8.20. The summed E-state index contributed by atoms with van der Waals surface area (Å²) < 4.78 is 34.5. The molecule has 0 amide bonds. The highest BCUT2D eigenvalue weighted by molar-refractivity contribution is 5.85. The third-order valence-electron chi connectivity index (χ3n) is 4.17. The summed E-state index contributed by atoms with van der Waals surface area (Å²) in [4.78, 5) is 2.48. The maximum Gasteiger partial charge on any atom is 0.387 e. The van der Waals surface area contributed by atoms with E-state index in [2.05, 4.69) is 21.9 Å². The zero-order chi connectivity index (χ0) is 16.7. The predicted octanol–water partition coefficient (Wildman–Crippen LogP) is 3.68. The number of nitrogens with one attached hydrogen (secondary N) is 1. The van der Waals surface area contributed by atoms with Gasteiger partial charge >= 0.3 is 6.61 Å².